The van der Waals surface area contributed by atoms with E-state index in [0.717, 1.165) is 41.5 Å². The first-order chi connectivity index (χ1) is 15.6. The fourth-order valence-electron chi connectivity index (χ4n) is 3.69. The minimum absolute atomic E-state index is 0.0996. The molecule has 0 spiro atoms. The van der Waals surface area contributed by atoms with Crippen LogP contribution in [0.1, 0.15) is 40.0 Å². The van der Waals surface area contributed by atoms with E-state index in [1.807, 2.05) is 30.5 Å². The number of nitrogens with zero attached hydrogens (tertiary/aromatic N) is 2. The summed E-state index contributed by atoms with van der Waals surface area (Å²) < 4.78 is 0. The number of thiazole rings is 1. The van der Waals surface area contributed by atoms with E-state index in [-0.39, 0.29) is 5.91 Å². The maximum Gasteiger partial charge on any atom is 0.270 e. The number of carbonyl (C=O) groups is 1. The predicted octanol–water partition coefficient (Wildman–Crippen LogP) is 5.66. The van der Waals surface area contributed by atoms with Gasteiger partial charge in [-0.25, -0.2) is 4.98 Å². The van der Waals surface area contributed by atoms with Gasteiger partial charge in [0, 0.05) is 47.1 Å². The number of benzene rings is 2. The fraction of sp³-hybridized carbons (Fsp3) is 0.280. The Hall–Kier alpha value is -2.67. The number of fused-ring (bicyclic) bond motifs is 1. The summed E-state index contributed by atoms with van der Waals surface area (Å²) in [5.74, 6) is -0.0996. The van der Waals surface area contributed by atoms with Gasteiger partial charge in [-0.1, -0.05) is 48.9 Å². The van der Waals surface area contributed by atoms with Crippen LogP contribution in [0, 0.1) is 0 Å². The number of hydrogen-bond acceptors (Lipinski definition) is 4. The lowest BCUT2D eigenvalue weighted by molar-refractivity contribution is 0.0949. The summed E-state index contributed by atoms with van der Waals surface area (Å²) in [6.07, 6.45) is 3.93. The van der Waals surface area contributed by atoms with Crippen LogP contribution in [0.2, 0.25) is 5.02 Å². The smallest absolute Gasteiger partial charge is 0.270 e. The second-order valence-electron chi connectivity index (χ2n) is 7.83. The number of carbonyl (C=O) groups excluding carboxylic acids is 1. The molecule has 2 heterocycles. The molecule has 4 rings (SSSR count). The molecule has 0 aliphatic carbocycles. The number of halogens is 1. The number of nitrogens with one attached hydrogen (secondary N) is 2. The van der Waals surface area contributed by atoms with Crippen LogP contribution in [-0.2, 0) is 19.5 Å². The average Bonchev–Trinajstić information content (AvgIpc) is 3.44. The number of amides is 1. The van der Waals surface area contributed by atoms with E-state index in [9.17, 15) is 4.79 Å². The Bertz CT molecular complexity index is 1170. The van der Waals surface area contributed by atoms with Gasteiger partial charge in [-0.05, 0) is 42.2 Å². The van der Waals surface area contributed by atoms with Crippen molar-refractivity contribution in [1.29, 1.82) is 0 Å². The zero-order valence-electron chi connectivity index (χ0n) is 18.1. The van der Waals surface area contributed by atoms with Gasteiger partial charge in [0.25, 0.3) is 5.91 Å². The lowest BCUT2D eigenvalue weighted by Gasteiger charge is -2.21. The molecule has 166 valence electrons. The van der Waals surface area contributed by atoms with Crippen LogP contribution in [0.5, 0.6) is 0 Å². The molecule has 32 heavy (non-hydrogen) atoms. The third-order valence-corrected chi connectivity index (χ3v) is 6.46. The lowest BCUT2D eigenvalue weighted by Crippen LogP contribution is -2.26. The number of para-hydroxylation sites is 1. The highest BCUT2D eigenvalue weighted by molar-refractivity contribution is 7.09. The predicted molar refractivity (Wildman–Crippen MR) is 132 cm³/mol. The van der Waals surface area contributed by atoms with Gasteiger partial charge < -0.3 is 10.3 Å². The highest BCUT2D eigenvalue weighted by Gasteiger charge is 2.15. The second kappa shape index (κ2) is 10.8. The van der Waals surface area contributed by atoms with E-state index in [2.05, 4.69) is 56.7 Å². The van der Waals surface area contributed by atoms with Crippen molar-refractivity contribution in [2.45, 2.75) is 32.9 Å². The highest BCUT2D eigenvalue weighted by Crippen LogP contribution is 2.21. The summed E-state index contributed by atoms with van der Waals surface area (Å²) in [5, 5.41) is 7.69. The largest absolute Gasteiger partial charge is 0.361 e. The third-order valence-electron chi connectivity index (χ3n) is 5.37. The second-order valence-corrected chi connectivity index (χ2v) is 9.21. The quantitative estimate of drug-likeness (QED) is 0.317. The summed E-state index contributed by atoms with van der Waals surface area (Å²) in [4.78, 5) is 22.6. The summed E-state index contributed by atoms with van der Waals surface area (Å²) in [6.45, 7) is 5.06. The molecule has 0 aliphatic rings. The third kappa shape index (κ3) is 5.76. The Labute approximate surface area is 197 Å². The van der Waals surface area contributed by atoms with E-state index in [0.29, 0.717) is 18.8 Å². The Morgan fingerprint density at radius 3 is 2.78 bits per heavy atom. The lowest BCUT2D eigenvalue weighted by atomic mass is 10.1. The minimum Gasteiger partial charge on any atom is -0.361 e. The van der Waals surface area contributed by atoms with Crippen LogP contribution in [0.25, 0.3) is 10.9 Å². The Balaban J connectivity index is 1.48. The standard InChI is InChI=1S/C25H27ClN4OS/c1-2-12-27-25(31)23-17-32-24(29-23)16-30(15-18-7-9-20(26)10-8-18)13-11-19-14-28-22-6-4-3-5-21(19)22/h3-10,14,17,28H,2,11-13,15-16H2,1H3,(H,27,31). The molecule has 0 saturated carbocycles. The van der Waals surface area contributed by atoms with Gasteiger partial charge in [0.05, 0.1) is 6.54 Å². The molecular formula is C25H27ClN4OS. The highest BCUT2D eigenvalue weighted by atomic mass is 35.5. The van der Waals surface area contributed by atoms with Gasteiger partial charge in [-0.3, -0.25) is 9.69 Å². The molecule has 0 saturated heterocycles. The van der Waals surface area contributed by atoms with Crippen molar-refractivity contribution in [3.05, 3.63) is 87.0 Å². The summed E-state index contributed by atoms with van der Waals surface area (Å²) in [6, 6.07) is 16.4. The molecule has 4 aromatic rings. The van der Waals surface area contributed by atoms with Crippen LogP contribution in [0.3, 0.4) is 0 Å². The molecule has 0 bridgehead atoms. The topological polar surface area (TPSA) is 61.0 Å². The van der Waals surface area contributed by atoms with Crippen LogP contribution < -0.4 is 5.32 Å². The first-order valence-corrected chi connectivity index (χ1v) is 12.1. The number of H-pyrrole nitrogens is 1. The molecule has 5 nitrogen and oxygen atoms in total. The number of aromatic amines is 1. The van der Waals surface area contributed by atoms with E-state index in [1.165, 1.54) is 27.8 Å². The Morgan fingerprint density at radius 2 is 1.97 bits per heavy atom. The van der Waals surface area contributed by atoms with Crippen molar-refractivity contribution in [3.63, 3.8) is 0 Å². The summed E-state index contributed by atoms with van der Waals surface area (Å²) in [5.41, 5.74) is 4.17. The molecule has 0 aliphatic heterocycles. The number of hydrogen-bond donors (Lipinski definition) is 2. The van der Waals surface area contributed by atoms with E-state index in [4.69, 9.17) is 11.6 Å². The molecule has 2 aromatic heterocycles. The van der Waals surface area contributed by atoms with Crippen molar-refractivity contribution in [2.75, 3.05) is 13.1 Å². The zero-order valence-corrected chi connectivity index (χ0v) is 19.7. The summed E-state index contributed by atoms with van der Waals surface area (Å²) >= 11 is 7.61. The van der Waals surface area contributed by atoms with Gasteiger partial charge in [0.2, 0.25) is 0 Å². The molecule has 2 N–H and O–H groups in total. The summed E-state index contributed by atoms with van der Waals surface area (Å²) in [7, 11) is 0. The van der Waals surface area contributed by atoms with Crippen molar-refractivity contribution in [2.24, 2.45) is 0 Å². The molecule has 2 aromatic carbocycles. The van der Waals surface area contributed by atoms with Crippen molar-refractivity contribution in [3.8, 4) is 0 Å². The van der Waals surface area contributed by atoms with Crippen molar-refractivity contribution >= 4 is 39.7 Å². The SMILES string of the molecule is CCCNC(=O)c1csc(CN(CCc2c[nH]c3ccccc23)Cc2ccc(Cl)cc2)n1. The molecule has 7 heteroatoms. The van der Waals surface area contributed by atoms with Crippen LogP contribution in [0.4, 0.5) is 0 Å². The first kappa shape index (κ1) is 22.5. The van der Waals surface area contributed by atoms with Gasteiger partial charge in [-0.15, -0.1) is 11.3 Å². The van der Waals surface area contributed by atoms with Crippen molar-refractivity contribution < 1.29 is 4.79 Å². The molecule has 1 amide bonds. The van der Waals surface area contributed by atoms with Crippen LogP contribution in [-0.4, -0.2) is 33.9 Å². The molecular weight excluding hydrogens is 440 g/mol. The normalized spacial score (nSPS) is 11.3. The van der Waals surface area contributed by atoms with E-state index >= 15 is 0 Å². The molecule has 0 unspecified atom stereocenters. The maximum atomic E-state index is 12.2. The Morgan fingerprint density at radius 1 is 1.16 bits per heavy atom. The van der Waals surface area contributed by atoms with Gasteiger partial charge >= 0.3 is 0 Å². The fourth-order valence-corrected chi connectivity index (χ4v) is 4.63. The number of aromatic nitrogens is 2. The van der Waals surface area contributed by atoms with Crippen molar-refractivity contribution in [1.82, 2.24) is 20.2 Å². The Kier molecular flexibility index (Phi) is 7.58. The number of rotatable bonds is 10. The zero-order chi connectivity index (χ0) is 22.3. The van der Waals surface area contributed by atoms with E-state index in [1.54, 1.807) is 0 Å². The maximum absolute atomic E-state index is 12.2. The van der Waals surface area contributed by atoms with Crippen LogP contribution >= 0.6 is 22.9 Å². The van der Waals surface area contributed by atoms with Gasteiger partial charge in [0.1, 0.15) is 10.7 Å². The molecule has 0 fully saturated rings. The first-order valence-electron chi connectivity index (χ1n) is 10.9. The average molecular weight is 467 g/mol. The van der Waals surface area contributed by atoms with Gasteiger partial charge in [0.15, 0.2) is 0 Å². The molecule has 0 radical (unpaired) electrons. The van der Waals surface area contributed by atoms with E-state index < -0.39 is 0 Å². The monoisotopic (exact) mass is 466 g/mol. The minimum atomic E-state index is -0.0996. The van der Waals surface area contributed by atoms with Crippen LogP contribution in [0.15, 0.2) is 60.1 Å². The molecule has 0 atom stereocenters. The van der Waals surface area contributed by atoms with Gasteiger partial charge in [-0.2, -0.15) is 0 Å².